The number of rotatable bonds is 4. The van der Waals surface area contributed by atoms with E-state index in [0.29, 0.717) is 0 Å². The lowest BCUT2D eigenvalue weighted by molar-refractivity contribution is 0.976. The molecule has 2 aromatic heterocycles. The van der Waals surface area contributed by atoms with Gasteiger partial charge >= 0.3 is 0 Å². The topological polar surface area (TPSA) is 17.3 Å². The molecule has 0 radical (unpaired) electrons. The van der Waals surface area contributed by atoms with Crippen molar-refractivity contribution >= 4 is 29.3 Å². The lowest BCUT2D eigenvalue weighted by Gasteiger charge is -2.12. The number of aromatic nitrogens is 2. The van der Waals surface area contributed by atoms with E-state index in [4.69, 9.17) is 4.98 Å². The summed E-state index contributed by atoms with van der Waals surface area (Å²) in [7, 11) is 0. The Labute approximate surface area is 167 Å². The summed E-state index contributed by atoms with van der Waals surface area (Å²) in [6.07, 6.45) is 14.3. The predicted octanol–water partition coefficient (Wildman–Crippen LogP) is 5.37. The molecule has 2 heteroatoms. The summed E-state index contributed by atoms with van der Waals surface area (Å²) in [4.78, 5) is 5.14. The summed E-state index contributed by atoms with van der Waals surface area (Å²) >= 11 is 0. The first-order valence-electron chi connectivity index (χ1n) is 10.3. The second-order valence-corrected chi connectivity index (χ2v) is 7.40. The second kappa shape index (κ2) is 7.63. The van der Waals surface area contributed by atoms with E-state index in [1.807, 2.05) is 0 Å². The van der Waals surface area contributed by atoms with E-state index in [1.54, 1.807) is 0 Å². The van der Waals surface area contributed by atoms with Crippen LogP contribution in [0.25, 0.3) is 40.6 Å². The predicted molar refractivity (Wildman–Crippen MR) is 121 cm³/mol. The first-order valence-corrected chi connectivity index (χ1v) is 10.3. The van der Waals surface area contributed by atoms with Crippen molar-refractivity contribution in [3.8, 4) is 11.3 Å². The first-order chi connectivity index (χ1) is 13.7. The Kier molecular flexibility index (Phi) is 5.04. The molecule has 0 fully saturated rings. The quantitative estimate of drug-likeness (QED) is 0.605. The van der Waals surface area contributed by atoms with Crippen molar-refractivity contribution in [3.63, 3.8) is 0 Å². The number of aryl methyl sites for hydroxylation is 1. The Morgan fingerprint density at radius 2 is 1.96 bits per heavy atom. The number of nitrogens with zero attached hydrogens (tertiary/aromatic N) is 2. The average molecular weight is 369 g/mol. The fourth-order valence-corrected chi connectivity index (χ4v) is 4.06. The van der Waals surface area contributed by atoms with Crippen molar-refractivity contribution in [2.75, 3.05) is 0 Å². The van der Waals surface area contributed by atoms with Crippen LogP contribution in [0.1, 0.15) is 57.4 Å². The zero-order chi connectivity index (χ0) is 19.7. The molecule has 0 saturated carbocycles. The van der Waals surface area contributed by atoms with E-state index < -0.39 is 0 Å². The van der Waals surface area contributed by atoms with Crippen LogP contribution < -0.4 is 10.7 Å². The van der Waals surface area contributed by atoms with Gasteiger partial charge in [0.1, 0.15) is 0 Å². The van der Waals surface area contributed by atoms with Gasteiger partial charge in [-0.1, -0.05) is 49.4 Å². The average Bonchev–Trinajstić information content (AvgIpc) is 3.11. The summed E-state index contributed by atoms with van der Waals surface area (Å²) in [5, 5.41) is 2.34. The molecule has 0 aliphatic heterocycles. The molecule has 28 heavy (non-hydrogen) atoms. The molecular weight excluding hydrogens is 340 g/mol. The summed E-state index contributed by atoms with van der Waals surface area (Å²) in [6.45, 7) is 8.57. The lowest BCUT2D eigenvalue weighted by atomic mass is 10.0. The number of fused-ring (bicyclic) bond motifs is 3. The molecule has 0 amide bonds. The molecule has 0 spiro atoms. The summed E-state index contributed by atoms with van der Waals surface area (Å²) in [5.74, 6) is 0. The highest BCUT2D eigenvalue weighted by molar-refractivity contribution is 5.82. The molecule has 4 rings (SSSR count). The van der Waals surface area contributed by atoms with Gasteiger partial charge in [-0.2, -0.15) is 0 Å². The molecule has 0 unspecified atom stereocenters. The van der Waals surface area contributed by atoms with Gasteiger partial charge in [0.05, 0.1) is 21.9 Å². The van der Waals surface area contributed by atoms with Crippen LogP contribution in [-0.2, 0) is 6.42 Å². The molecule has 0 N–H and O–H groups in total. The molecule has 1 aliphatic rings. The van der Waals surface area contributed by atoms with Crippen molar-refractivity contribution in [1.29, 1.82) is 0 Å². The largest absolute Gasteiger partial charge is 0.306 e. The molecule has 1 aliphatic carbocycles. The van der Waals surface area contributed by atoms with E-state index in [1.165, 1.54) is 38.8 Å². The minimum atomic E-state index is 1.01. The van der Waals surface area contributed by atoms with Crippen LogP contribution in [0.3, 0.4) is 0 Å². The highest BCUT2D eigenvalue weighted by atomic mass is 15.0. The molecule has 1 aromatic carbocycles. The van der Waals surface area contributed by atoms with Gasteiger partial charge in [0.15, 0.2) is 0 Å². The third-order valence-electron chi connectivity index (χ3n) is 5.67. The Bertz CT molecular complexity index is 1220. The molecule has 142 valence electrons. The van der Waals surface area contributed by atoms with E-state index in [2.05, 4.69) is 92.8 Å². The Balaban J connectivity index is 2.12. The molecule has 2 nitrogen and oxygen atoms in total. The van der Waals surface area contributed by atoms with Crippen LogP contribution in [0.4, 0.5) is 0 Å². The Morgan fingerprint density at radius 3 is 2.71 bits per heavy atom. The van der Waals surface area contributed by atoms with Gasteiger partial charge in [0.2, 0.25) is 0 Å². The van der Waals surface area contributed by atoms with Crippen molar-refractivity contribution in [1.82, 2.24) is 9.38 Å². The van der Waals surface area contributed by atoms with Crippen LogP contribution in [0.5, 0.6) is 0 Å². The molecule has 2 heterocycles. The van der Waals surface area contributed by atoms with Crippen molar-refractivity contribution in [2.45, 2.75) is 47.0 Å². The monoisotopic (exact) mass is 368 g/mol. The first kappa shape index (κ1) is 18.5. The normalized spacial score (nSPS) is 14.2. The number of hydrogen-bond acceptors (Lipinski definition) is 1. The van der Waals surface area contributed by atoms with Crippen LogP contribution in [0.15, 0.2) is 42.5 Å². The Morgan fingerprint density at radius 1 is 1.14 bits per heavy atom. The summed E-state index contributed by atoms with van der Waals surface area (Å²) in [6, 6.07) is 11.1. The standard InChI is InChI=1S/C26H28N2/c1-5-11-23-19(7-3)17-25-26(21-13-10-12-20(16-21)18(4)6-2)27-22-14-8-9-15-24(22)28(23)25/h5-6,10-17H,7-9H2,1-4H3/b11-5-,18-6+. The zero-order valence-electron chi connectivity index (χ0n) is 17.3. The Hall–Kier alpha value is -2.87. The van der Waals surface area contributed by atoms with Crippen LogP contribution in [0, 0.1) is 0 Å². The number of benzene rings is 1. The van der Waals surface area contributed by atoms with Crippen LogP contribution in [0.2, 0.25) is 0 Å². The van der Waals surface area contributed by atoms with E-state index in [0.717, 1.165) is 30.3 Å². The summed E-state index contributed by atoms with van der Waals surface area (Å²) in [5.41, 5.74) is 8.64. The maximum Gasteiger partial charge on any atom is 0.0950 e. The fourth-order valence-electron chi connectivity index (χ4n) is 4.06. The van der Waals surface area contributed by atoms with Crippen molar-refractivity contribution < 1.29 is 0 Å². The van der Waals surface area contributed by atoms with Gasteiger partial charge in [-0.05, 0) is 74.9 Å². The van der Waals surface area contributed by atoms with Crippen LogP contribution in [-0.4, -0.2) is 9.38 Å². The van der Waals surface area contributed by atoms with Gasteiger partial charge in [-0.25, -0.2) is 4.98 Å². The third-order valence-corrected chi connectivity index (χ3v) is 5.67. The molecule has 3 aromatic rings. The van der Waals surface area contributed by atoms with Gasteiger partial charge in [0.25, 0.3) is 0 Å². The van der Waals surface area contributed by atoms with Gasteiger partial charge in [0, 0.05) is 11.3 Å². The van der Waals surface area contributed by atoms with Gasteiger partial charge < -0.3 is 4.40 Å². The van der Waals surface area contributed by atoms with Crippen molar-refractivity contribution in [3.05, 3.63) is 70.0 Å². The molecule has 0 atom stereocenters. The maximum atomic E-state index is 5.14. The van der Waals surface area contributed by atoms with E-state index in [-0.39, 0.29) is 0 Å². The smallest absolute Gasteiger partial charge is 0.0950 e. The minimum Gasteiger partial charge on any atom is -0.306 e. The zero-order valence-corrected chi connectivity index (χ0v) is 17.3. The fraction of sp³-hybridized carbons (Fsp3) is 0.269. The minimum absolute atomic E-state index is 1.01. The number of allylic oxidation sites excluding steroid dienone is 3. The second-order valence-electron chi connectivity index (χ2n) is 7.40. The number of hydrogen-bond donors (Lipinski definition) is 0. The SMILES string of the molecule is C/C=C\c1c(CC)cc2c(-c3cccc(/C(C)=C/C)c3)nc3c(n12)=CCCC=3. The van der Waals surface area contributed by atoms with E-state index in [9.17, 15) is 0 Å². The van der Waals surface area contributed by atoms with Crippen molar-refractivity contribution in [2.24, 2.45) is 0 Å². The van der Waals surface area contributed by atoms with Gasteiger partial charge in [-0.3, -0.25) is 0 Å². The highest BCUT2D eigenvalue weighted by Crippen LogP contribution is 2.28. The lowest BCUT2D eigenvalue weighted by Crippen LogP contribution is -2.37. The molecule has 0 bridgehead atoms. The van der Waals surface area contributed by atoms with Crippen LogP contribution >= 0.6 is 0 Å². The maximum absolute atomic E-state index is 5.14. The van der Waals surface area contributed by atoms with Gasteiger partial charge in [-0.15, -0.1) is 0 Å². The summed E-state index contributed by atoms with van der Waals surface area (Å²) < 4.78 is 2.42. The third kappa shape index (κ3) is 3.03. The van der Waals surface area contributed by atoms with E-state index >= 15 is 0 Å². The highest BCUT2D eigenvalue weighted by Gasteiger charge is 2.16. The molecular formula is C26H28N2. The molecule has 0 saturated heterocycles.